The van der Waals surface area contributed by atoms with Gasteiger partial charge in [-0.2, -0.15) is 0 Å². The molecule has 7 rings (SSSR count). The number of fused-ring (bicyclic) bond motifs is 4. The maximum absolute atomic E-state index is 13.7. The number of β-lactam (4-membered cyclic amide) rings is 1. The molecule has 3 N–H and O–H groups in total. The largest absolute Gasteiger partial charge is 1.00 e. The Labute approximate surface area is 278 Å². The highest BCUT2D eigenvalue weighted by atomic mass is 127. The van der Waals surface area contributed by atoms with Gasteiger partial charge in [-0.3, -0.25) is 19.3 Å². The number of nitrogens with zero attached hydrogens (tertiary/aromatic N) is 2. The first-order valence-corrected chi connectivity index (χ1v) is 15.7. The van der Waals surface area contributed by atoms with Gasteiger partial charge in [0.1, 0.15) is 36.0 Å². The molecule has 0 aliphatic carbocycles. The minimum absolute atomic E-state index is 0. The summed E-state index contributed by atoms with van der Waals surface area (Å²) in [5, 5.41) is 2.51. The van der Waals surface area contributed by atoms with Crippen molar-refractivity contribution in [1.29, 1.82) is 0 Å². The molecule has 10 nitrogen and oxygen atoms in total. The molecule has 44 heavy (non-hydrogen) atoms. The first-order chi connectivity index (χ1) is 20.7. The van der Waals surface area contributed by atoms with Crippen LogP contribution in [0.2, 0.25) is 0 Å². The first-order valence-electron chi connectivity index (χ1n) is 14.7. The SMILES string of the molecule is COc1ccc(COC(=O)C2=C(C[N+]34CCC(C(N)=O)(CC3)CC4)CS[C@@H]3[C@H](NC(=O)Cc4ccccc4)C(=O)N23)cc1.[I-]. The number of amides is 3. The minimum Gasteiger partial charge on any atom is -1.00 e. The third-order valence-electron chi connectivity index (χ3n) is 9.54. The Morgan fingerprint density at radius 3 is 2.30 bits per heavy atom. The number of nitrogens with two attached hydrogens (primary N) is 1. The van der Waals surface area contributed by atoms with E-state index in [-0.39, 0.29) is 60.1 Å². The number of methoxy groups -OCH3 is 1. The van der Waals surface area contributed by atoms with Crippen LogP contribution in [-0.2, 0) is 36.9 Å². The monoisotopic (exact) mass is 732 g/mol. The molecule has 4 saturated heterocycles. The molecule has 0 unspecified atom stereocenters. The van der Waals surface area contributed by atoms with E-state index in [9.17, 15) is 19.2 Å². The number of esters is 1. The third-order valence-corrected chi connectivity index (χ3v) is 10.9. The van der Waals surface area contributed by atoms with Gasteiger partial charge in [0.15, 0.2) is 0 Å². The van der Waals surface area contributed by atoms with Crippen LogP contribution in [0.3, 0.4) is 0 Å². The van der Waals surface area contributed by atoms with Crippen molar-refractivity contribution >= 4 is 35.5 Å². The molecule has 3 amide bonds. The van der Waals surface area contributed by atoms with Crippen LogP contribution in [-0.4, -0.2) is 83.5 Å². The molecule has 5 aliphatic heterocycles. The van der Waals surface area contributed by atoms with Crippen molar-refractivity contribution in [3.05, 3.63) is 77.0 Å². The first kappa shape index (κ1) is 32.3. The van der Waals surface area contributed by atoms with Crippen LogP contribution in [0.4, 0.5) is 0 Å². The quantitative estimate of drug-likeness (QED) is 0.141. The van der Waals surface area contributed by atoms with Crippen molar-refractivity contribution in [1.82, 2.24) is 10.2 Å². The van der Waals surface area contributed by atoms with Crippen molar-refractivity contribution in [3.63, 3.8) is 0 Å². The van der Waals surface area contributed by atoms with Gasteiger partial charge in [-0.15, -0.1) is 11.8 Å². The number of piperidine rings is 3. The van der Waals surface area contributed by atoms with Gasteiger partial charge >= 0.3 is 5.97 Å². The molecule has 2 atom stereocenters. The summed E-state index contributed by atoms with van der Waals surface area (Å²) >= 11 is 1.56. The maximum atomic E-state index is 13.7. The van der Waals surface area contributed by atoms with Crippen LogP contribution >= 0.6 is 11.8 Å². The van der Waals surface area contributed by atoms with Crippen LogP contribution < -0.4 is 39.8 Å². The van der Waals surface area contributed by atoms with E-state index in [0.29, 0.717) is 23.7 Å². The summed E-state index contributed by atoms with van der Waals surface area (Å²) in [5.41, 5.74) is 8.18. The average Bonchev–Trinajstić information content (AvgIpc) is 3.03. The van der Waals surface area contributed by atoms with Gasteiger partial charge in [-0.05, 0) is 23.3 Å². The number of carbonyl (C=O) groups excluding carboxylic acids is 4. The number of thioether (sulfide) groups is 1. The zero-order valence-corrected chi connectivity index (χ0v) is 27.6. The molecule has 5 heterocycles. The van der Waals surface area contributed by atoms with Gasteiger partial charge in [0, 0.05) is 30.6 Å². The summed E-state index contributed by atoms with van der Waals surface area (Å²) in [4.78, 5) is 53.8. The van der Waals surface area contributed by atoms with Gasteiger partial charge in [-0.25, -0.2) is 4.79 Å². The van der Waals surface area contributed by atoms with Gasteiger partial charge in [0.2, 0.25) is 11.8 Å². The summed E-state index contributed by atoms with van der Waals surface area (Å²) in [5.74, 6) is -0.0467. The van der Waals surface area contributed by atoms with Crippen LogP contribution in [0.1, 0.15) is 30.4 Å². The fourth-order valence-corrected chi connectivity index (χ4v) is 8.15. The van der Waals surface area contributed by atoms with E-state index in [4.69, 9.17) is 15.2 Å². The Morgan fingerprint density at radius 1 is 1.02 bits per heavy atom. The van der Waals surface area contributed by atoms with E-state index in [1.165, 1.54) is 4.90 Å². The van der Waals surface area contributed by atoms with Gasteiger partial charge < -0.3 is 49.0 Å². The highest BCUT2D eigenvalue weighted by molar-refractivity contribution is 8.00. The molecule has 12 heteroatoms. The van der Waals surface area contributed by atoms with E-state index < -0.39 is 17.4 Å². The normalized spacial score (nSPS) is 27.0. The lowest BCUT2D eigenvalue weighted by molar-refractivity contribution is -0.940. The predicted molar refractivity (Wildman–Crippen MR) is 160 cm³/mol. The summed E-state index contributed by atoms with van der Waals surface area (Å²) in [7, 11) is 1.59. The summed E-state index contributed by atoms with van der Waals surface area (Å²) < 4.78 is 11.8. The highest BCUT2D eigenvalue weighted by Gasteiger charge is 2.57. The molecule has 0 spiro atoms. The fraction of sp³-hybridized carbons (Fsp3) is 0.438. The highest BCUT2D eigenvalue weighted by Crippen LogP contribution is 2.46. The molecule has 234 valence electrons. The van der Waals surface area contributed by atoms with Crippen molar-refractivity contribution in [3.8, 4) is 5.75 Å². The summed E-state index contributed by atoms with van der Waals surface area (Å²) in [6.07, 6.45) is 2.38. The van der Waals surface area contributed by atoms with Crippen LogP contribution in [0, 0.1) is 5.41 Å². The van der Waals surface area contributed by atoms with E-state index in [1.807, 2.05) is 42.5 Å². The predicted octanol–water partition coefficient (Wildman–Crippen LogP) is -0.875. The molecule has 4 fully saturated rings. The molecule has 0 saturated carbocycles. The van der Waals surface area contributed by atoms with Crippen molar-refractivity contribution in [2.75, 3.05) is 39.0 Å². The van der Waals surface area contributed by atoms with Crippen molar-refractivity contribution in [2.24, 2.45) is 11.1 Å². The number of hydrogen-bond donors (Lipinski definition) is 2. The number of quaternary nitrogens is 1. The van der Waals surface area contributed by atoms with E-state index in [0.717, 1.165) is 60.1 Å². The van der Waals surface area contributed by atoms with Crippen LogP contribution in [0.5, 0.6) is 5.75 Å². The van der Waals surface area contributed by atoms with Gasteiger partial charge in [0.05, 0.1) is 38.6 Å². The second-order valence-corrected chi connectivity index (χ2v) is 13.2. The zero-order valence-electron chi connectivity index (χ0n) is 24.6. The Hall–Kier alpha value is -3.10. The topological polar surface area (TPSA) is 128 Å². The molecular formula is C32H37IN4O6S. The zero-order chi connectivity index (χ0) is 30.2. The number of rotatable bonds is 10. The lowest BCUT2D eigenvalue weighted by Crippen LogP contribution is -3.00. The average molecular weight is 733 g/mol. The number of nitrogens with one attached hydrogen (secondary N) is 1. The third kappa shape index (κ3) is 6.20. The Kier molecular flexibility index (Phi) is 9.61. The summed E-state index contributed by atoms with van der Waals surface area (Å²) in [6, 6.07) is 15.9. The van der Waals surface area contributed by atoms with E-state index in [1.54, 1.807) is 31.0 Å². The molecule has 0 aromatic heterocycles. The molecule has 2 aromatic rings. The summed E-state index contributed by atoms with van der Waals surface area (Å²) in [6.45, 7) is 3.08. The lowest BCUT2D eigenvalue weighted by atomic mass is 9.70. The number of ether oxygens (including phenoxy) is 2. The molecule has 5 aliphatic rings. The van der Waals surface area contributed by atoms with Crippen LogP contribution in [0.25, 0.3) is 0 Å². The molecule has 0 radical (unpaired) electrons. The lowest BCUT2D eigenvalue weighted by Gasteiger charge is -2.55. The molecular weight excluding hydrogens is 695 g/mol. The Balaban J connectivity index is 0.00000384. The van der Waals surface area contributed by atoms with Crippen LogP contribution in [0.15, 0.2) is 65.9 Å². The standard InChI is InChI=1S/C32H36N4O6S.HI/c1-41-24-9-7-22(8-10-24)19-42-30(39)27-23(18-36-14-11-32(12-15-36,13-16-36)31(33)40)20-43-29-26(28(38)35(27)29)34-25(37)17-21-5-3-2-4-6-21;/h2-10,26,29H,11-20H2,1H3,(H2-,33,34,37,40);1H/t26-,29-,32?,36?;/m1./s1. The second-order valence-electron chi connectivity index (χ2n) is 12.1. The number of primary amides is 1. The van der Waals surface area contributed by atoms with Crippen molar-refractivity contribution < 1.29 is 57.1 Å². The number of benzene rings is 2. The minimum atomic E-state index is -0.708. The second kappa shape index (κ2) is 13.1. The number of halogens is 1. The Morgan fingerprint density at radius 2 is 1.68 bits per heavy atom. The molecule has 2 bridgehead atoms. The van der Waals surface area contributed by atoms with Gasteiger partial charge in [0.25, 0.3) is 5.91 Å². The smallest absolute Gasteiger partial charge is 0.355 e. The number of hydrogen-bond acceptors (Lipinski definition) is 7. The fourth-order valence-electron chi connectivity index (χ4n) is 6.81. The Bertz CT molecular complexity index is 1440. The number of carbonyl (C=O) groups is 4. The maximum Gasteiger partial charge on any atom is 0.355 e. The van der Waals surface area contributed by atoms with E-state index >= 15 is 0 Å². The van der Waals surface area contributed by atoms with Crippen molar-refractivity contribution in [2.45, 2.75) is 43.7 Å². The molecule has 2 aromatic carbocycles. The van der Waals surface area contributed by atoms with Gasteiger partial charge in [-0.1, -0.05) is 42.5 Å². The van der Waals surface area contributed by atoms with E-state index in [2.05, 4.69) is 5.32 Å².